The van der Waals surface area contributed by atoms with Gasteiger partial charge in [0.25, 0.3) is 5.91 Å². The molecule has 0 aliphatic heterocycles. The molecule has 2 amide bonds. The number of halogens is 1. The van der Waals surface area contributed by atoms with Gasteiger partial charge in [-0.2, -0.15) is 0 Å². The molecule has 6 nitrogen and oxygen atoms in total. The Morgan fingerprint density at radius 1 is 0.917 bits per heavy atom. The van der Waals surface area contributed by atoms with Gasteiger partial charge in [0, 0.05) is 25.2 Å². The number of rotatable bonds is 11. The number of hydrogen-bond donors (Lipinski definition) is 1. The monoisotopic (exact) mass is 502 g/mol. The smallest absolute Gasteiger partial charge is 0.252 e. The van der Waals surface area contributed by atoms with Crippen molar-refractivity contribution in [1.29, 1.82) is 0 Å². The van der Waals surface area contributed by atoms with Crippen LogP contribution in [0.4, 0.5) is 5.69 Å². The fraction of sp³-hybridized carbons (Fsp3) is 0.276. The SMILES string of the molecule is CCN(C(=O)Cn1c(CCCCCNC(=O)c2ccccc2Cl)nc2ccccc21)c1ccccc1. The average molecular weight is 503 g/mol. The van der Waals surface area contributed by atoms with Crippen molar-refractivity contribution in [3.8, 4) is 0 Å². The van der Waals surface area contributed by atoms with Crippen LogP contribution in [0.3, 0.4) is 0 Å². The van der Waals surface area contributed by atoms with Crippen molar-refractivity contribution in [2.75, 3.05) is 18.0 Å². The Labute approximate surface area is 216 Å². The van der Waals surface area contributed by atoms with Gasteiger partial charge in [-0.15, -0.1) is 0 Å². The fourth-order valence-corrected chi connectivity index (χ4v) is 4.57. The Morgan fingerprint density at radius 3 is 2.42 bits per heavy atom. The number of nitrogens with zero attached hydrogens (tertiary/aromatic N) is 3. The van der Waals surface area contributed by atoms with E-state index in [0.717, 1.165) is 48.2 Å². The van der Waals surface area contributed by atoms with Crippen molar-refractivity contribution in [2.45, 2.75) is 39.2 Å². The molecule has 36 heavy (non-hydrogen) atoms. The minimum atomic E-state index is -0.153. The van der Waals surface area contributed by atoms with E-state index >= 15 is 0 Å². The number of fused-ring (bicyclic) bond motifs is 1. The molecular formula is C29H31ClN4O2. The van der Waals surface area contributed by atoms with Gasteiger partial charge in [0.2, 0.25) is 5.91 Å². The van der Waals surface area contributed by atoms with Gasteiger partial charge in [-0.25, -0.2) is 4.98 Å². The van der Waals surface area contributed by atoms with Crippen LogP contribution < -0.4 is 10.2 Å². The number of aromatic nitrogens is 2. The van der Waals surface area contributed by atoms with E-state index in [0.29, 0.717) is 23.7 Å². The quantitative estimate of drug-likeness (QED) is 0.260. The number of aryl methyl sites for hydroxylation is 1. The van der Waals surface area contributed by atoms with Crippen LogP contribution in [-0.2, 0) is 17.8 Å². The van der Waals surface area contributed by atoms with Gasteiger partial charge >= 0.3 is 0 Å². The fourth-order valence-electron chi connectivity index (χ4n) is 4.35. The average Bonchev–Trinajstić information content (AvgIpc) is 3.24. The van der Waals surface area contributed by atoms with Crippen LogP contribution in [0.5, 0.6) is 0 Å². The largest absolute Gasteiger partial charge is 0.352 e. The highest BCUT2D eigenvalue weighted by atomic mass is 35.5. The predicted octanol–water partition coefficient (Wildman–Crippen LogP) is 5.89. The molecule has 0 aliphatic carbocycles. The summed E-state index contributed by atoms with van der Waals surface area (Å²) in [7, 11) is 0. The topological polar surface area (TPSA) is 67.2 Å². The van der Waals surface area contributed by atoms with Gasteiger partial charge in [0.1, 0.15) is 12.4 Å². The van der Waals surface area contributed by atoms with Gasteiger partial charge < -0.3 is 14.8 Å². The zero-order chi connectivity index (χ0) is 25.3. The Kier molecular flexibility index (Phi) is 8.74. The Morgan fingerprint density at radius 2 is 1.64 bits per heavy atom. The van der Waals surface area contributed by atoms with Crippen LogP contribution in [0.2, 0.25) is 5.02 Å². The first-order valence-corrected chi connectivity index (χ1v) is 12.8. The molecule has 0 saturated heterocycles. The normalized spacial score (nSPS) is 10.9. The third-order valence-corrected chi connectivity index (χ3v) is 6.52. The molecule has 0 fully saturated rings. The molecule has 0 radical (unpaired) electrons. The van der Waals surface area contributed by atoms with E-state index in [-0.39, 0.29) is 18.4 Å². The minimum Gasteiger partial charge on any atom is -0.352 e. The first kappa shape index (κ1) is 25.5. The summed E-state index contributed by atoms with van der Waals surface area (Å²) in [5, 5.41) is 3.39. The van der Waals surface area contributed by atoms with Crippen LogP contribution >= 0.6 is 11.6 Å². The second-order valence-corrected chi connectivity index (χ2v) is 9.03. The summed E-state index contributed by atoms with van der Waals surface area (Å²) in [6.07, 6.45) is 3.46. The molecule has 0 atom stereocenters. The molecule has 0 saturated carbocycles. The molecule has 0 bridgehead atoms. The molecule has 4 aromatic rings. The van der Waals surface area contributed by atoms with E-state index in [1.807, 2.05) is 66.1 Å². The number of amides is 2. The van der Waals surface area contributed by atoms with Crippen LogP contribution in [0.25, 0.3) is 11.0 Å². The number of likely N-dealkylation sites (N-methyl/N-ethyl adjacent to an activating group) is 1. The number of para-hydroxylation sites is 3. The number of anilines is 1. The lowest BCUT2D eigenvalue weighted by Gasteiger charge is -2.22. The molecule has 1 aromatic heterocycles. The highest BCUT2D eigenvalue weighted by Crippen LogP contribution is 2.20. The van der Waals surface area contributed by atoms with E-state index in [1.165, 1.54) is 0 Å². The Bertz CT molecular complexity index is 1320. The highest BCUT2D eigenvalue weighted by Gasteiger charge is 2.18. The van der Waals surface area contributed by atoms with Crippen LogP contribution in [0.15, 0.2) is 78.9 Å². The zero-order valence-corrected chi connectivity index (χ0v) is 21.2. The van der Waals surface area contributed by atoms with Crippen molar-refractivity contribution in [3.63, 3.8) is 0 Å². The third kappa shape index (κ3) is 6.13. The van der Waals surface area contributed by atoms with Crippen LogP contribution in [0, 0.1) is 0 Å². The molecule has 7 heteroatoms. The van der Waals surface area contributed by atoms with Gasteiger partial charge in [-0.1, -0.05) is 60.5 Å². The summed E-state index contributed by atoms with van der Waals surface area (Å²) in [6, 6.07) is 24.7. The number of carbonyl (C=O) groups excluding carboxylic acids is 2. The molecule has 0 aliphatic rings. The number of nitrogens with one attached hydrogen (secondary N) is 1. The van der Waals surface area contributed by atoms with Crippen LogP contribution in [0.1, 0.15) is 42.4 Å². The molecule has 0 unspecified atom stereocenters. The molecular weight excluding hydrogens is 472 g/mol. The highest BCUT2D eigenvalue weighted by molar-refractivity contribution is 6.33. The van der Waals surface area contributed by atoms with E-state index in [2.05, 4.69) is 5.32 Å². The first-order chi connectivity index (χ1) is 17.6. The minimum absolute atomic E-state index is 0.0374. The van der Waals surface area contributed by atoms with E-state index < -0.39 is 0 Å². The molecule has 186 valence electrons. The molecule has 3 aromatic carbocycles. The third-order valence-electron chi connectivity index (χ3n) is 6.19. The van der Waals surface area contributed by atoms with Gasteiger partial charge in [0.05, 0.1) is 21.6 Å². The lowest BCUT2D eigenvalue weighted by atomic mass is 10.1. The lowest BCUT2D eigenvalue weighted by Crippen LogP contribution is -2.34. The summed E-state index contributed by atoms with van der Waals surface area (Å²) in [6.45, 7) is 3.42. The number of benzene rings is 3. The number of imidazole rings is 1. The van der Waals surface area contributed by atoms with Crippen molar-refractivity contribution >= 4 is 40.1 Å². The second kappa shape index (κ2) is 12.4. The first-order valence-electron chi connectivity index (χ1n) is 12.4. The molecule has 1 N–H and O–H groups in total. The van der Waals surface area contributed by atoms with Crippen molar-refractivity contribution < 1.29 is 9.59 Å². The maximum absolute atomic E-state index is 13.3. The van der Waals surface area contributed by atoms with Gasteiger partial charge in [-0.05, 0) is 56.2 Å². The molecule has 0 spiro atoms. The van der Waals surface area contributed by atoms with E-state index in [9.17, 15) is 9.59 Å². The molecule has 4 rings (SSSR count). The van der Waals surface area contributed by atoms with Gasteiger partial charge in [-0.3, -0.25) is 9.59 Å². The zero-order valence-electron chi connectivity index (χ0n) is 20.5. The maximum Gasteiger partial charge on any atom is 0.252 e. The van der Waals surface area contributed by atoms with E-state index in [4.69, 9.17) is 16.6 Å². The van der Waals surface area contributed by atoms with Gasteiger partial charge in [0.15, 0.2) is 0 Å². The standard InChI is InChI=1S/C29H31ClN4O2/c1-2-33(22-13-5-3-6-14-22)28(35)21-34-26-18-11-10-17-25(26)32-27(34)19-7-4-12-20-31-29(36)23-15-8-9-16-24(23)30/h3,5-6,8-11,13-18H,2,4,7,12,19-21H2,1H3,(H,31,36). The maximum atomic E-state index is 13.3. The Hall–Kier alpha value is -3.64. The predicted molar refractivity (Wildman–Crippen MR) is 146 cm³/mol. The number of carbonyl (C=O) groups is 2. The lowest BCUT2D eigenvalue weighted by molar-refractivity contribution is -0.119. The van der Waals surface area contributed by atoms with Crippen molar-refractivity contribution in [1.82, 2.24) is 14.9 Å². The summed E-state index contributed by atoms with van der Waals surface area (Å²) in [4.78, 5) is 32.2. The molecule has 1 heterocycles. The van der Waals surface area contributed by atoms with E-state index in [1.54, 1.807) is 29.2 Å². The summed E-state index contributed by atoms with van der Waals surface area (Å²) in [5.41, 5.74) is 3.26. The number of hydrogen-bond acceptors (Lipinski definition) is 3. The van der Waals surface area contributed by atoms with Crippen molar-refractivity contribution in [2.24, 2.45) is 0 Å². The van der Waals surface area contributed by atoms with Crippen molar-refractivity contribution in [3.05, 3.63) is 95.3 Å². The summed E-state index contributed by atoms with van der Waals surface area (Å²) in [5.74, 6) is 0.795. The summed E-state index contributed by atoms with van der Waals surface area (Å²) < 4.78 is 2.04. The summed E-state index contributed by atoms with van der Waals surface area (Å²) >= 11 is 6.10. The van der Waals surface area contributed by atoms with Crippen LogP contribution in [-0.4, -0.2) is 34.5 Å². The number of unbranched alkanes of at least 4 members (excludes halogenated alkanes) is 2. The second-order valence-electron chi connectivity index (χ2n) is 8.62. The Balaban J connectivity index is 1.35.